The number of hydrogen-bond acceptors (Lipinski definition) is 3. The fourth-order valence-electron chi connectivity index (χ4n) is 1.98. The van der Waals surface area contributed by atoms with E-state index in [-0.39, 0.29) is 11.3 Å². The highest BCUT2D eigenvalue weighted by Crippen LogP contribution is 2.32. The molecule has 0 radical (unpaired) electrons. The van der Waals surface area contributed by atoms with Crippen LogP contribution in [0.25, 0.3) is 0 Å². The van der Waals surface area contributed by atoms with Gasteiger partial charge >= 0.3 is 0 Å². The maximum Gasteiger partial charge on any atom is 0.140 e. The van der Waals surface area contributed by atoms with Crippen LogP contribution in [0.1, 0.15) is 31.4 Å². The summed E-state index contributed by atoms with van der Waals surface area (Å²) in [6.07, 6.45) is 5.71. The van der Waals surface area contributed by atoms with Crippen molar-refractivity contribution in [2.45, 2.75) is 37.6 Å². The van der Waals surface area contributed by atoms with E-state index in [1.54, 1.807) is 6.20 Å². The van der Waals surface area contributed by atoms with Crippen LogP contribution in [0.5, 0.6) is 0 Å². The monoisotopic (exact) mass is 282 g/mol. The molecular formula is C12H15BrN2O. The molecule has 0 bridgehead atoms. The lowest BCUT2D eigenvalue weighted by atomic mass is 9.74. The van der Waals surface area contributed by atoms with Gasteiger partial charge in [-0.1, -0.05) is 0 Å². The van der Waals surface area contributed by atoms with Gasteiger partial charge in [0.2, 0.25) is 0 Å². The third-order valence-corrected chi connectivity index (χ3v) is 3.53. The van der Waals surface area contributed by atoms with Crippen molar-refractivity contribution in [3.8, 4) is 0 Å². The first-order chi connectivity index (χ1) is 7.57. The van der Waals surface area contributed by atoms with Gasteiger partial charge in [0.05, 0.1) is 0 Å². The number of nitrogens with two attached hydrogens (primary N) is 1. The molecule has 0 spiro atoms. The fraction of sp³-hybridized carbons (Fsp3) is 0.500. The second-order valence-corrected chi connectivity index (χ2v) is 5.49. The van der Waals surface area contributed by atoms with E-state index in [0.29, 0.717) is 12.8 Å². The summed E-state index contributed by atoms with van der Waals surface area (Å²) in [7, 11) is 0. The van der Waals surface area contributed by atoms with Crippen molar-refractivity contribution in [2.75, 3.05) is 0 Å². The minimum atomic E-state index is -0.216. The van der Waals surface area contributed by atoms with Crippen LogP contribution < -0.4 is 5.73 Å². The van der Waals surface area contributed by atoms with Crippen LogP contribution in [0.4, 0.5) is 0 Å². The molecule has 1 aromatic rings. The molecule has 0 unspecified atom stereocenters. The summed E-state index contributed by atoms with van der Waals surface area (Å²) in [6.45, 7) is 0. The summed E-state index contributed by atoms with van der Waals surface area (Å²) in [5, 5.41) is 0. The molecule has 1 fully saturated rings. The molecule has 1 aliphatic carbocycles. The van der Waals surface area contributed by atoms with Gasteiger partial charge in [0, 0.05) is 34.7 Å². The lowest BCUT2D eigenvalue weighted by Gasteiger charge is -2.37. The second-order valence-electron chi connectivity index (χ2n) is 4.58. The fourth-order valence-corrected chi connectivity index (χ4v) is 2.21. The van der Waals surface area contributed by atoms with Crippen molar-refractivity contribution >= 4 is 21.7 Å². The molecule has 1 heterocycles. The summed E-state index contributed by atoms with van der Waals surface area (Å²) >= 11 is 3.31. The Balaban J connectivity index is 1.89. The Morgan fingerprint density at radius 2 is 2.25 bits per heavy atom. The molecule has 0 amide bonds. The zero-order valence-corrected chi connectivity index (χ0v) is 10.7. The van der Waals surface area contributed by atoms with Crippen molar-refractivity contribution in [2.24, 2.45) is 5.73 Å². The van der Waals surface area contributed by atoms with Gasteiger partial charge in [0.15, 0.2) is 0 Å². The molecule has 1 aliphatic rings. The number of carbonyl (C=O) groups is 1. The molecule has 0 aromatic carbocycles. The zero-order valence-electron chi connectivity index (χ0n) is 9.08. The quantitative estimate of drug-likeness (QED) is 0.921. The third kappa shape index (κ3) is 2.89. The highest BCUT2D eigenvalue weighted by molar-refractivity contribution is 9.10. The predicted molar refractivity (Wildman–Crippen MR) is 66.0 cm³/mol. The first-order valence-electron chi connectivity index (χ1n) is 5.48. The van der Waals surface area contributed by atoms with E-state index >= 15 is 0 Å². The highest BCUT2D eigenvalue weighted by atomic mass is 79.9. The maximum atomic E-state index is 11.8. The molecule has 4 heteroatoms. The Bertz CT molecular complexity index is 385. The minimum absolute atomic E-state index is 0.192. The molecule has 2 N–H and O–H groups in total. The lowest BCUT2D eigenvalue weighted by molar-refractivity contribution is -0.120. The van der Waals surface area contributed by atoms with Crippen molar-refractivity contribution < 1.29 is 4.79 Å². The Morgan fingerprint density at radius 1 is 1.50 bits per heavy atom. The molecular weight excluding hydrogens is 268 g/mol. The van der Waals surface area contributed by atoms with Gasteiger partial charge in [-0.2, -0.15) is 0 Å². The van der Waals surface area contributed by atoms with Gasteiger partial charge in [-0.05, 0) is 47.3 Å². The Hall–Kier alpha value is -0.740. The SMILES string of the molecule is NC1(CC(=O)Cc2ccc(Br)cn2)CCC1. The van der Waals surface area contributed by atoms with Gasteiger partial charge in [-0.25, -0.2) is 0 Å². The predicted octanol–water partition coefficient (Wildman–Crippen LogP) is 2.23. The van der Waals surface area contributed by atoms with E-state index in [1.165, 1.54) is 0 Å². The third-order valence-electron chi connectivity index (χ3n) is 3.07. The van der Waals surface area contributed by atoms with Crippen molar-refractivity contribution in [3.63, 3.8) is 0 Å². The molecule has 0 atom stereocenters. The Labute approximate surface area is 104 Å². The van der Waals surface area contributed by atoms with E-state index in [1.807, 2.05) is 12.1 Å². The number of hydrogen-bond donors (Lipinski definition) is 1. The van der Waals surface area contributed by atoms with E-state index < -0.39 is 0 Å². The number of carbonyl (C=O) groups excluding carboxylic acids is 1. The summed E-state index contributed by atoms with van der Waals surface area (Å²) in [5.41, 5.74) is 6.63. The van der Waals surface area contributed by atoms with E-state index in [2.05, 4.69) is 20.9 Å². The Kier molecular flexibility index (Phi) is 3.40. The summed E-state index contributed by atoms with van der Waals surface area (Å²) < 4.78 is 0.929. The number of rotatable bonds is 4. The lowest BCUT2D eigenvalue weighted by Crippen LogP contribution is -2.48. The molecule has 1 saturated carbocycles. The van der Waals surface area contributed by atoms with Gasteiger partial charge < -0.3 is 5.73 Å². The first kappa shape index (κ1) is 11.7. The number of Topliss-reactive ketones (excluding diaryl/α,β-unsaturated/α-hetero) is 1. The average Bonchev–Trinajstić information content (AvgIpc) is 2.19. The first-order valence-corrected chi connectivity index (χ1v) is 6.28. The normalized spacial score (nSPS) is 17.9. The van der Waals surface area contributed by atoms with Crippen LogP contribution in [-0.4, -0.2) is 16.3 Å². The molecule has 2 rings (SSSR count). The van der Waals surface area contributed by atoms with E-state index in [9.17, 15) is 4.79 Å². The number of aromatic nitrogens is 1. The number of pyridine rings is 1. The van der Waals surface area contributed by atoms with Crippen LogP contribution in [0.15, 0.2) is 22.8 Å². The molecule has 3 nitrogen and oxygen atoms in total. The molecule has 1 aromatic heterocycles. The van der Waals surface area contributed by atoms with Crippen LogP contribution in [0, 0.1) is 0 Å². The van der Waals surface area contributed by atoms with Gasteiger partial charge in [-0.3, -0.25) is 9.78 Å². The Morgan fingerprint density at radius 3 is 2.75 bits per heavy atom. The molecule has 86 valence electrons. The molecule has 0 aliphatic heterocycles. The smallest absolute Gasteiger partial charge is 0.140 e. The van der Waals surface area contributed by atoms with Gasteiger partial charge in [0.25, 0.3) is 0 Å². The topological polar surface area (TPSA) is 56.0 Å². The van der Waals surface area contributed by atoms with Gasteiger partial charge in [0.1, 0.15) is 5.78 Å². The molecule has 0 saturated heterocycles. The second kappa shape index (κ2) is 4.63. The average molecular weight is 283 g/mol. The van der Waals surface area contributed by atoms with Crippen molar-refractivity contribution in [1.29, 1.82) is 0 Å². The van der Waals surface area contributed by atoms with E-state index in [4.69, 9.17) is 5.73 Å². The minimum Gasteiger partial charge on any atom is -0.325 e. The summed E-state index contributed by atoms with van der Waals surface area (Å²) in [6, 6.07) is 3.77. The largest absolute Gasteiger partial charge is 0.325 e. The van der Waals surface area contributed by atoms with Crippen molar-refractivity contribution in [3.05, 3.63) is 28.5 Å². The number of ketones is 1. The van der Waals surface area contributed by atoms with Crippen LogP contribution in [-0.2, 0) is 11.2 Å². The standard InChI is InChI=1S/C12H15BrN2O/c13-9-2-3-10(15-8-9)6-11(16)7-12(14)4-1-5-12/h2-3,8H,1,4-7,14H2. The summed E-state index contributed by atoms with van der Waals surface area (Å²) in [5.74, 6) is 0.192. The zero-order chi connectivity index (χ0) is 11.6. The highest BCUT2D eigenvalue weighted by Gasteiger charge is 2.34. The summed E-state index contributed by atoms with van der Waals surface area (Å²) in [4.78, 5) is 16.0. The maximum absolute atomic E-state index is 11.8. The van der Waals surface area contributed by atoms with E-state index in [0.717, 1.165) is 29.4 Å². The van der Waals surface area contributed by atoms with Crippen LogP contribution in [0.3, 0.4) is 0 Å². The molecule has 16 heavy (non-hydrogen) atoms. The van der Waals surface area contributed by atoms with Crippen molar-refractivity contribution in [1.82, 2.24) is 4.98 Å². The number of halogens is 1. The van der Waals surface area contributed by atoms with Gasteiger partial charge in [-0.15, -0.1) is 0 Å². The number of nitrogens with zero attached hydrogens (tertiary/aromatic N) is 1. The van der Waals surface area contributed by atoms with Crippen LogP contribution >= 0.6 is 15.9 Å². The van der Waals surface area contributed by atoms with Crippen LogP contribution in [0.2, 0.25) is 0 Å².